The van der Waals surface area contributed by atoms with Gasteiger partial charge in [-0.1, -0.05) is 30.3 Å². The molecule has 2 fully saturated rings. The topological polar surface area (TPSA) is 126 Å². The average Bonchev–Trinajstić information content (AvgIpc) is 3.58. The number of rotatable bonds is 7. The fourth-order valence-electron chi connectivity index (χ4n) is 6.01. The van der Waals surface area contributed by atoms with Crippen molar-refractivity contribution in [3.05, 3.63) is 65.9 Å². The molecule has 1 aliphatic carbocycles. The number of carbonyl (C=O) groups is 3. The van der Waals surface area contributed by atoms with Crippen LogP contribution < -0.4 is 11.1 Å². The molecular formula is C29H32FN3O5. The first-order valence-electron chi connectivity index (χ1n) is 13.1. The first-order chi connectivity index (χ1) is 18.4. The predicted molar refractivity (Wildman–Crippen MR) is 141 cm³/mol. The molecule has 2 heterocycles. The molecule has 200 valence electrons. The van der Waals surface area contributed by atoms with E-state index in [4.69, 9.17) is 10.2 Å². The number of halogens is 1. The van der Waals surface area contributed by atoms with Crippen LogP contribution in [-0.4, -0.2) is 53.1 Å². The molecule has 2 aliphatic rings. The standard InChI is InChI=1S/C29H32FN3O5/c30-16-23(31)18-6-8-19(9-7-18)28(35)33-13-12-22(17-4-2-1-3-5-17)26(33)27(34)32-21-10-11-24-20(14-21)15-25(38-24)29(36)37/h1-5,10-11,14-15,18-19,22-23,26H,6-9,12-13,16,31H2,(H,32,34)(H,36,37)/t18-,19-,22-,23?,26+/m1/s1. The van der Waals surface area contributed by atoms with E-state index in [0.717, 1.165) is 5.56 Å². The van der Waals surface area contributed by atoms with Crippen LogP contribution in [0.1, 0.15) is 54.1 Å². The Morgan fingerprint density at radius 1 is 1.05 bits per heavy atom. The number of fused-ring (bicyclic) bond motifs is 1. The minimum absolute atomic E-state index is 0.0350. The Bertz CT molecular complexity index is 1320. The van der Waals surface area contributed by atoms with E-state index in [9.17, 15) is 23.9 Å². The van der Waals surface area contributed by atoms with Crippen LogP contribution in [-0.2, 0) is 9.59 Å². The largest absolute Gasteiger partial charge is 0.475 e. The number of carboxylic acids is 1. The van der Waals surface area contributed by atoms with Crippen LogP contribution in [0.25, 0.3) is 11.0 Å². The van der Waals surface area contributed by atoms with Gasteiger partial charge in [-0.15, -0.1) is 0 Å². The molecule has 2 amide bonds. The summed E-state index contributed by atoms with van der Waals surface area (Å²) in [6.07, 6.45) is 3.36. The van der Waals surface area contributed by atoms with Crippen molar-refractivity contribution in [1.29, 1.82) is 0 Å². The normalized spacial score (nSPS) is 24.3. The van der Waals surface area contributed by atoms with Crippen molar-refractivity contribution in [2.45, 2.75) is 50.1 Å². The van der Waals surface area contributed by atoms with Crippen LogP contribution in [0.5, 0.6) is 0 Å². The monoisotopic (exact) mass is 521 g/mol. The second-order valence-corrected chi connectivity index (χ2v) is 10.4. The number of carboxylic acid groups (broad SMARTS) is 1. The first kappa shape index (κ1) is 25.9. The number of furan rings is 1. The minimum atomic E-state index is -1.17. The van der Waals surface area contributed by atoms with Gasteiger partial charge in [0, 0.05) is 35.5 Å². The molecule has 3 atom stereocenters. The van der Waals surface area contributed by atoms with Gasteiger partial charge < -0.3 is 25.5 Å². The number of aromatic carboxylic acids is 1. The van der Waals surface area contributed by atoms with Crippen molar-refractivity contribution in [3.63, 3.8) is 0 Å². The van der Waals surface area contributed by atoms with E-state index >= 15 is 0 Å². The number of carbonyl (C=O) groups excluding carboxylic acids is 2. The Hall–Kier alpha value is -3.72. The van der Waals surface area contributed by atoms with Gasteiger partial charge in [0.2, 0.25) is 17.6 Å². The number of anilines is 1. The van der Waals surface area contributed by atoms with E-state index in [2.05, 4.69) is 5.32 Å². The number of likely N-dealkylation sites (tertiary alicyclic amines) is 1. The van der Waals surface area contributed by atoms with Crippen molar-refractivity contribution in [2.75, 3.05) is 18.5 Å². The molecule has 9 heteroatoms. The molecular weight excluding hydrogens is 489 g/mol. The summed E-state index contributed by atoms with van der Waals surface area (Å²) in [4.78, 5) is 40.4. The molecule has 38 heavy (non-hydrogen) atoms. The highest BCUT2D eigenvalue weighted by Crippen LogP contribution is 2.38. The molecule has 1 saturated heterocycles. The Balaban J connectivity index is 1.37. The number of amides is 2. The summed E-state index contributed by atoms with van der Waals surface area (Å²) in [6, 6.07) is 14.9. The molecule has 1 unspecified atom stereocenters. The van der Waals surface area contributed by atoms with E-state index in [1.165, 1.54) is 6.07 Å². The second kappa shape index (κ2) is 10.9. The zero-order valence-electron chi connectivity index (χ0n) is 21.0. The van der Waals surface area contributed by atoms with Gasteiger partial charge >= 0.3 is 5.97 Å². The summed E-state index contributed by atoms with van der Waals surface area (Å²) >= 11 is 0. The lowest BCUT2D eigenvalue weighted by Gasteiger charge is -2.35. The Labute approximate surface area is 220 Å². The van der Waals surface area contributed by atoms with Crippen molar-refractivity contribution in [2.24, 2.45) is 17.6 Å². The highest BCUT2D eigenvalue weighted by atomic mass is 19.1. The maximum atomic E-state index is 13.7. The number of benzene rings is 2. The zero-order valence-corrected chi connectivity index (χ0v) is 21.0. The third-order valence-electron chi connectivity index (χ3n) is 8.08. The lowest BCUT2D eigenvalue weighted by atomic mass is 9.78. The molecule has 3 aromatic rings. The van der Waals surface area contributed by atoms with Gasteiger partial charge in [-0.05, 0) is 67.9 Å². The van der Waals surface area contributed by atoms with E-state index in [1.807, 2.05) is 30.3 Å². The van der Waals surface area contributed by atoms with Crippen molar-refractivity contribution >= 4 is 34.4 Å². The van der Waals surface area contributed by atoms with E-state index in [-0.39, 0.29) is 35.3 Å². The van der Waals surface area contributed by atoms with Crippen molar-refractivity contribution in [1.82, 2.24) is 4.90 Å². The number of alkyl halides is 1. The highest BCUT2D eigenvalue weighted by Gasteiger charge is 2.44. The van der Waals surface area contributed by atoms with Gasteiger partial charge in [0.05, 0.1) is 0 Å². The third-order valence-corrected chi connectivity index (χ3v) is 8.08. The van der Waals surface area contributed by atoms with E-state index in [1.54, 1.807) is 23.1 Å². The van der Waals surface area contributed by atoms with E-state index < -0.39 is 24.7 Å². The van der Waals surface area contributed by atoms with Crippen molar-refractivity contribution in [3.8, 4) is 0 Å². The summed E-state index contributed by atoms with van der Waals surface area (Å²) in [5.41, 5.74) is 7.80. The van der Waals surface area contributed by atoms with Crippen LogP contribution in [0.3, 0.4) is 0 Å². The maximum Gasteiger partial charge on any atom is 0.371 e. The number of nitrogens with one attached hydrogen (secondary N) is 1. The van der Waals surface area contributed by atoms with Crippen LogP contribution in [0.2, 0.25) is 0 Å². The number of nitrogens with two attached hydrogens (primary N) is 1. The molecule has 0 radical (unpaired) electrons. The Morgan fingerprint density at radius 2 is 1.79 bits per heavy atom. The number of hydrogen-bond donors (Lipinski definition) is 3. The Kier molecular flexibility index (Phi) is 7.46. The summed E-state index contributed by atoms with van der Waals surface area (Å²) in [5, 5.41) is 12.7. The average molecular weight is 522 g/mol. The molecule has 2 aromatic carbocycles. The summed E-state index contributed by atoms with van der Waals surface area (Å²) in [5.74, 6) is -1.96. The van der Waals surface area contributed by atoms with Gasteiger partial charge in [0.15, 0.2) is 0 Å². The van der Waals surface area contributed by atoms with Crippen LogP contribution in [0.4, 0.5) is 10.1 Å². The maximum absolute atomic E-state index is 13.7. The van der Waals surface area contributed by atoms with Crippen LogP contribution >= 0.6 is 0 Å². The minimum Gasteiger partial charge on any atom is -0.475 e. The van der Waals surface area contributed by atoms with Gasteiger partial charge in [-0.2, -0.15) is 0 Å². The van der Waals surface area contributed by atoms with Gasteiger partial charge in [-0.3, -0.25) is 9.59 Å². The zero-order chi connectivity index (χ0) is 26.8. The predicted octanol–water partition coefficient (Wildman–Crippen LogP) is 4.56. The van der Waals surface area contributed by atoms with E-state index in [0.29, 0.717) is 55.3 Å². The quantitative estimate of drug-likeness (QED) is 0.419. The van der Waals surface area contributed by atoms with Crippen LogP contribution in [0, 0.1) is 11.8 Å². The van der Waals surface area contributed by atoms with Gasteiger partial charge in [-0.25, -0.2) is 9.18 Å². The summed E-state index contributed by atoms with van der Waals surface area (Å²) < 4.78 is 18.4. The van der Waals surface area contributed by atoms with Crippen molar-refractivity contribution < 1.29 is 28.3 Å². The lowest BCUT2D eigenvalue weighted by molar-refractivity contribution is -0.141. The fourth-order valence-corrected chi connectivity index (χ4v) is 6.01. The number of nitrogens with zero attached hydrogens (tertiary/aromatic N) is 1. The first-order valence-corrected chi connectivity index (χ1v) is 13.1. The smallest absolute Gasteiger partial charge is 0.371 e. The molecule has 8 nitrogen and oxygen atoms in total. The molecule has 1 aliphatic heterocycles. The molecule has 0 spiro atoms. The summed E-state index contributed by atoms with van der Waals surface area (Å²) in [6.45, 7) is -0.0816. The molecule has 1 aromatic heterocycles. The highest BCUT2D eigenvalue weighted by molar-refractivity contribution is 6.00. The lowest BCUT2D eigenvalue weighted by Crippen LogP contribution is -2.48. The SMILES string of the molecule is NC(CF)[C@H]1CC[C@H](C(=O)N2CC[C@H](c3ccccc3)[C@H]2C(=O)Nc2ccc3oc(C(=O)O)cc3c2)CC1. The second-order valence-electron chi connectivity index (χ2n) is 10.4. The number of hydrogen-bond acceptors (Lipinski definition) is 5. The fraction of sp³-hybridized carbons (Fsp3) is 0.414. The molecule has 4 N–H and O–H groups in total. The molecule has 0 bridgehead atoms. The molecule has 5 rings (SSSR count). The van der Waals surface area contributed by atoms with Crippen LogP contribution in [0.15, 0.2) is 59.0 Å². The van der Waals surface area contributed by atoms with Gasteiger partial charge in [0.25, 0.3) is 0 Å². The van der Waals surface area contributed by atoms with Gasteiger partial charge in [0.1, 0.15) is 18.3 Å². The Morgan fingerprint density at radius 3 is 2.47 bits per heavy atom. The molecule has 1 saturated carbocycles. The third kappa shape index (κ3) is 5.15. The summed E-state index contributed by atoms with van der Waals surface area (Å²) in [7, 11) is 0.